The standard InChI is InChI=1S/C26H17Cl2N3O3S/c1-34-22-10-6-5-7-16(22)13-23-25(33)31(18-8-3-2-4-9-18)26(35-23)19(15-29)24(32)30-21-12-11-17(27)14-20(21)28/h2-14H,1H3,(H,30,32)/b23-13+,26-19+. The Morgan fingerprint density at radius 1 is 1.09 bits per heavy atom. The summed E-state index contributed by atoms with van der Waals surface area (Å²) >= 11 is 13.2. The van der Waals surface area contributed by atoms with Crippen molar-refractivity contribution in [1.82, 2.24) is 4.57 Å². The van der Waals surface area contributed by atoms with E-state index in [2.05, 4.69) is 5.32 Å². The number of thiazole rings is 1. The van der Waals surface area contributed by atoms with Gasteiger partial charge in [0, 0.05) is 10.6 Å². The van der Waals surface area contributed by atoms with Crippen molar-refractivity contribution in [3.8, 4) is 17.5 Å². The molecular formula is C26H17Cl2N3O3S. The maximum absolute atomic E-state index is 13.5. The van der Waals surface area contributed by atoms with Crippen LogP contribution in [-0.2, 0) is 4.79 Å². The molecule has 174 valence electrons. The Hall–Kier alpha value is -3.83. The van der Waals surface area contributed by atoms with Crippen LogP contribution in [0.5, 0.6) is 5.75 Å². The van der Waals surface area contributed by atoms with Crippen LogP contribution in [0.15, 0.2) is 77.6 Å². The lowest BCUT2D eigenvalue weighted by molar-refractivity contribution is -0.111. The third kappa shape index (κ3) is 5.15. The number of anilines is 1. The third-order valence-corrected chi connectivity index (χ3v) is 6.64. The van der Waals surface area contributed by atoms with E-state index in [0.717, 1.165) is 11.3 Å². The summed E-state index contributed by atoms with van der Waals surface area (Å²) in [4.78, 5) is 26.6. The van der Waals surface area contributed by atoms with Gasteiger partial charge in [0.25, 0.3) is 11.5 Å². The number of hydrogen-bond donors (Lipinski definition) is 1. The molecule has 0 radical (unpaired) electrons. The van der Waals surface area contributed by atoms with Crippen molar-refractivity contribution in [3.63, 3.8) is 0 Å². The quantitative estimate of drug-likeness (QED) is 0.423. The number of para-hydroxylation sites is 2. The van der Waals surface area contributed by atoms with Crippen LogP contribution >= 0.6 is 34.5 Å². The molecule has 0 atom stereocenters. The van der Waals surface area contributed by atoms with E-state index in [9.17, 15) is 14.9 Å². The molecule has 0 saturated carbocycles. The molecule has 0 aliphatic rings. The molecule has 4 aromatic rings. The first kappa shape index (κ1) is 24.3. The number of rotatable bonds is 5. The fourth-order valence-electron chi connectivity index (χ4n) is 3.36. The summed E-state index contributed by atoms with van der Waals surface area (Å²) in [5.74, 6) is -0.112. The zero-order chi connectivity index (χ0) is 24.9. The molecule has 0 aliphatic carbocycles. The molecule has 4 rings (SSSR count). The molecule has 0 fully saturated rings. The van der Waals surface area contributed by atoms with E-state index in [-0.39, 0.29) is 20.8 Å². The van der Waals surface area contributed by atoms with E-state index in [0.29, 0.717) is 32.2 Å². The summed E-state index contributed by atoms with van der Waals surface area (Å²) in [6.07, 6.45) is 1.68. The summed E-state index contributed by atoms with van der Waals surface area (Å²) in [5, 5.41) is 13.2. The predicted octanol–water partition coefficient (Wildman–Crippen LogP) is 4.36. The minimum absolute atomic E-state index is 0.187. The Bertz CT molecular complexity index is 1640. The Labute approximate surface area is 214 Å². The molecule has 1 heterocycles. The zero-order valence-electron chi connectivity index (χ0n) is 18.3. The van der Waals surface area contributed by atoms with Gasteiger partial charge in [0.05, 0.1) is 28.0 Å². The highest BCUT2D eigenvalue weighted by Crippen LogP contribution is 2.25. The molecule has 6 nitrogen and oxygen atoms in total. The van der Waals surface area contributed by atoms with Gasteiger partial charge in [-0.05, 0) is 42.5 Å². The topological polar surface area (TPSA) is 84.1 Å². The average molecular weight is 522 g/mol. The van der Waals surface area contributed by atoms with Crippen molar-refractivity contribution in [2.45, 2.75) is 0 Å². The maximum atomic E-state index is 13.5. The van der Waals surface area contributed by atoms with Crippen molar-refractivity contribution in [2.75, 3.05) is 12.4 Å². The fourth-order valence-corrected chi connectivity index (χ4v) is 4.91. The van der Waals surface area contributed by atoms with Gasteiger partial charge in [0.15, 0.2) is 5.57 Å². The lowest BCUT2D eigenvalue weighted by Crippen LogP contribution is -2.32. The lowest BCUT2D eigenvalue weighted by atomic mass is 10.2. The molecule has 9 heteroatoms. The number of nitriles is 1. The number of nitrogens with one attached hydrogen (secondary N) is 1. The van der Waals surface area contributed by atoms with Crippen molar-refractivity contribution < 1.29 is 9.53 Å². The molecule has 1 amide bonds. The monoisotopic (exact) mass is 521 g/mol. The fraction of sp³-hybridized carbons (Fsp3) is 0.0385. The first-order valence-corrected chi connectivity index (χ1v) is 11.8. The summed E-state index contributed by atoms with van der Waals surface area (Å²) in [7, 11) is 1.54. The number of halogens is 2. The Kier molecular flexibility index (Phi) is 7.37. The van der Waals surface area contributed by atoms with Gasteiger partial charge >= 0.3 is 0 Å². The predicted molar refractivity (Wildman–Crippen MR) is 140 cm³/mol. The number of hydrogen-bond acceptors (Lipinski definition) is 5. The maximum Gasteiger partial charge on any atom is 0.273 e. The first-order valence-electron chi connectivity index (χ1n) is 10.3. The Morgan fingerprint density at radius 2 is 1.80 bits per heavy atom. The van der Waals surface area contributed by atoms with Crippen LogP contribution in [-0.4, -0.2) is 17.6 Å². The molecule has 0 spiro atoms. The second-order valence-electron chi connectivity index (χ2n) is 7.20. The molecule has 0 bridgehead atoms. The summed E-state index contributed by atoms with van der Waals surface area (Å²) in [6.45, 7) is 0. The molecular weight excluding hydrogens is 505 g/mol. The second kappa shape index (κ2) is 10.6. The van der Waals surface area contributed by atoms with E-state index < -0.39 is 5.91 Å². The van der Waals surface area contributed by atoms with E-state index >= 15 is 0 Å². The number of aromatic nitrogens is 1. The third-order valence-electron chi connectivity index (χ3n) is 5.00. The summed E-state index contributed by atoms with van der Waals surface area (Å²) < 4.78 is 7.27. The van der Waals surface area contributed by atoms with E-state index in [1.165, 1.54) is 16.7 Å². The van der Waals surface area contributed by atoms with Gasteiger partial charge in [-0.25, -0.2) is 0 Å². The Balaban J connectivity index is 1.96. The molecule has 3 aromatic carbocycles. The highest BCUT2D eigenvalue weighted by atomic mass is 35.5. The lowest BCUT2D eigenvalue weighted by Gasteiger charge is -2.07. The van der Waals surface area contributed by atoms with E-state index in [1.54, 1.807) is 49.6 Å². The van der Waals surface area contributed by atoms with Crippen molar-refractivity contribution in [1.29, 1.82) is 5.26 Å². The molecule has 0 saturated heterocycles. The van der Waals surface area contributed by atoms with Gasteiger partial charge in [0.2, 0.25) is 0 Å². The summed E-state index contributed by atoms with van der Waals surface area (Å²) in [5.41, 5.74) is 0.901. The van der Waals surface area contributed by atoms with Gasteiger partial charge in [-0.2, -0.15) is 5.26 Å². The SMILES string of the molecule is COc1ccccc1/C=c1/s/c(=C(\C#N)C(=O)Nc2ccc(Cl)cc2Cl)n(-c2ccccc2)c1=O. The first-order chi connectivity index (χ1) is 16.9. The van der Waals surface area contributed by atoms with Crippen LogP contribution in [0, 0.1) is 11.3 Å². The van der Waals surface area contributed by atoms with Gasteiger partial charge in [-0.15, -0.1) is 11.3 Å². The molecule has 1 N–H and O–H groups in total. The number of ether oxygens (including phenoxy) is 1. The number of amides is 1. The van der Waals surface area contributed by atoms with Gasteiger partial charge in [0.1, 0.15) is 16.5 Å². The van der Waals surface area contributed by atoms with Crippen LogP contribution in [0.3, 0.4) is 0 Å². The number of methoxy groups -OCH3 is 1. The van der Waals surface area contributed by atoms with Gasteiger partial charge in [-0.1, -0.05) is 59.6 Å². The number of carbonyl (C=O) groups excluding carboxylic acids is 1. The highest BCUT2D eigenvalue weighted by molar-refractivity contribution is 7.07. The molecule has 0 aliphatic heterocycles. The van der Waals surface area contributed by atoms with Crippen LogP contribution in [0.1, 0.15) is 5.56 Å². The Morgan fingerprint density at radius 3 is 2.49 bits per heavy atom. The minimum atomic E-state index is -0.702. The van der Waals surface area contributed by atoms with Gasteiger partial charge < -0.3 is 10.1 Å². The minimum Gasteiger partial charge on any atom is -0.496 e. The van der Waals surface area contributed by atoms with Crippen molar-refractivity contribution in [3.05, 3.63) is 108 Å². The molecule has 0 unspecified atom stereocenters. The number of nitrogens with zero attached hydrogens (tertiary/aromatic N) is 2. The van der Waals surface area contributed by atoms with Crippen molar-refractivity contribution >= 4 is 57.8 Å². The van der Waals surface area contributed by atoms with Crippen LogP contribution in [0.25, 0.3) is 17.3 Å². The zero-order valence-corrected chi connectivity index (χ0v) is 20.6. The molecule has 35 heavy (non-hydrogen) atoms. The number of benzene rings is 3. The molecule has 1 aromatic heterocycles. The second-order valence-corrected chi connectivity index (χ2v) is 9.07. The summed E-state index contributed by atoms with van der Waals surface area (Å²) in [6, 6.07) is 22.6. The highest BCUT2D eigenvalue weighted by Gasteiger charge is 2.18. The largest absolute Gasteiger partial charge is 0.496 e. The van der Waals surface area contributed by atoms with Crippen LogP contribution < -0.4 is 24.8 Å². The average Bonchev–Trinajstić information content (AvgIpc) is 3.17. The van der Waals surface area contributed by atoms with Crippen molar-refractivity contribution in [2.24, 2.45) is 0 Å². The normalized spacial score (nSPS) is 12.1. The number of carbonyl (C=O) groups is 1. The van der Waals surface area contributed by atoms with Gasteiger partial charge in [-0.3, -0.25) is 14.2 Å². The van der Waals surface area contributed by atoms with Crippen LogP contribution in [0.2, 0.25) is 10.0 Å². The smallest absolute Gasteiger partial charge is 0.273 e. The van der Waals surface area contributed by atoms with E-state index in [4.69, 9.17) is 27.9 Å². The van der Waals surface area contributed by atoms with E-state index in [1.807, 2.05) is 30.3 Å². The van der Waals surface area contributed by atoms with Crippen LogP contribution in [0.4, 0.5) is 5.69 Å².